The number of aryl methyl sites for hydroxylation is 1. The van der Waals surface area contributed by atoms with Crippen molar-refractivity contribution in [3.8, 4) is 0 Å². The van der Waals surface area contributed by atoms with Crippen molar-refractivity contribution in [2.75, 3.05) is 38.6 Å². The number of hydrogen-bond donors (Lipinski definition) is 1. The highest BCUT2D eigenvalue weighted by molar-refractivity contribution is 6.00. The predicted molar refractivity (Wildman–Crippen MR) is 87.8 cm³/mol. The first-order valence-electron chi connectivity index (χ1n) is 7.77. The van der Waals surface area contributed by atoms with Gasteiger partial charge in [-0.05, 0) is 45.6 Å². The lowest BCUT2D eigenvalue weighted by Crippen LogP contribution is -2.34. The zero-order valence-corrected chi connectivity index (χ0v) is 13.6. The van der Waals surface area contributed by atoms with Crippen LogP contribution in [0.15, 0.2) is 24.3 Å². The first-order valence-corrected chi connectivity index (χ1v) is 7.77. The van der Waals surface area contributed by atoms with Crippen LogP contribution in [-0.2, 0) is 9.59 Å². The Morgan fingerprint density at radius 2 is 2.09 bits per heavy atom. The van der Waals surface area contributed by atoms with Crippen molar-refractivity contribution in [2.24, 2.45) is 5.92 Å². The van der Waals surface area contributed by atoms with Crippen molar-refractivity contribution < 1.29 is 9.59 Å². The number of para-hydroxylation sites is 1. The Kier molecular flexibility index (Phi) is 5.55. The molecule has 0 radical (unpaired) electrons. The Bertz CT molecular complexity index is 542. The van der Waals surface area contributed by atoms with E-state index in [0.717, 1.165) is 24.2 Å². The maximum absolute atomic E-state index is 12.2. The van der Waals surface area contributed by atoms with Crippen molar-refractivity contribution in [3.63, 3.8) is 0 Å². The third-order valence-corrected chi connectivity index (χ3v) is 3.98. The van der Waals surface area contributed by atoms with Crippen molar-refractivity contribution in [2.45, 2.75) is 19.8 Å². The van der Waals surface area contributed by atoms with Crippen molar-refractivity contribution >= 4 is 17.5 Å². The molecule has 1 aliphatic heterocycles. The lowest BCUT2D eigenvalue weighted by atomic mass is 10.1. The van der Waals surface area contributed by atoms with Crippen LogP contribution in [0.4, 0.5) is 5.69 Å². The molecule has 2 amide bonds. The van der Waals surface area contributed by atoms with Crippen LogP contribution in [-0.4, -0.2) is 50.4 Å². The summed E-state index contributed by atoms with van der Waals surface area (Å²) in [5.74, 6) is -0.225. The fourth-order valence-corrected chi connectivity index (χ4v) is 2.73. The predicted octanol–water partition coefficient (Wildman–Crippen LogP) is 1.42. The quantitative estimate of drug-likeness (QED) is 0.809. The Balaban J connectivity index is 1.89. The van der Waals surface area contributed by atoms with Crippen molar-refractivity contribution in [1.29, 1.82) is 0 Å². The lowest BCUT2D eigenvalue weighted by molar-refractivity contribution is -0.126. The normalized spacial score (nSPS) is 18.1. The average molecular weight is 303 g/mol. The van der Waals surface area contributed by atoms with Gasteiger partial charge in [-0.15, -0.1) is 0 Å². The molecule has 1 saturated heterocycles. The van der Waals surface area contributed by atoms with Gasteiger partial charge in [-0.3, -0.25) is 9.59 Å². The van der Waals surface area contributed by atoms with Crippen LogP contribution >= 0.6 is 0 Å². The van der Waals surface area contributed by atoms with Crippen LogP contribution in [0.2, 0.25) is 0 Å². The second-order valence-corrected chi connectivity index (χ2v) is 6.14. The molecule has 1 aromatic rings. The third-order valence-electron chi connectivity index (χ3n) is 3.98. The summed E-state index contributed by atoms with van der Waals surface area (Å²) in [5, 5.41) is 2.94. The van der Waals surface area contributed by atoms with Gasteiger partial charge in [0, 0.05) is 25.2 Å². The summed E-state index contributed by atoms with van der Waals surface area (Å²) in [6.45, 7) is 4.06. The Morgan fingerprint density at radius 3 is 2.77 bits per heavy atom. The minimum atomic E-state index is -0.244. The molecule has 0 saturated carbocycles. The summed E-state index contributed by atoms with van der Waals surface area (Å²) in [6, 6.07) is 7.79. The number of nitrogens with zero attached hydrogens (tertiary/aromatic N) is 2. The van der Waals surface area contributed by atoms with E-state index in [4.69, 9.17) is 0 Å². The van der Waals surface area contributed by atoms with Gasteiger partial charge in [0.25, 0.3) is 0 Å². The van der Waals surface area contributed by atoms with E-state index in [2.05, 4.69) is 10.2 Å². The number of benzene rings is 1. The van der Waals surface area contributed by atoms with Gasteiger partial charge < -0.3 is 15.1 Å². The highest BCUT2D eigenvalue weighted by Gasteiger charge is 2.35. The smallest absolute Gasteiger partial charge is 0.227 e. The van der Waals surface area contributed by atoms with Crippen molar-refractivity contribution in [3.05, 3.63) is 29.8 Å². The Morgan fingerprint density at radius 1 is 1.36 bits per heavy atom. The molecule has 0 unspecified atom stereocenters. The van der Waals surface area contributed by atoms with E-state index >= 15 is 0 Å². The molecule has 5 heteroatoms. The zero-order valence-electron chi connectivity index (χ0n) is 13.6. The van der Waals surface area contributed by atoms with E-state index < -0.39 is 0 Å². The van der Waals surface area contributed by atoms with Crippen LogP contribution in [0.5, 0.6) is 0 Å². The first kappa shape index (κ1) is 16.5. The molecule has 5 nitrogen and oxygen atoms in total. The molecule has 0 spiro atoms. The van der Waals surface area contributed by atoms with Gasteiger partial charge in [0.1, 0.15) is 0 Å². The standard InChI is InChI=1S/C17H25N3O2/c1-13-7-4-5-8-15(13)20-12-14(11-16(20)21)17(22)18-9-6-10-19(2)3/h4-5,7-8,14H,6,9-12H2,1-3H3,(H,18,22)/t14-/m0/s1. The molecule has 120 valence electrons. The molecule has 1 atom stereocenters. The van der Waals surface area contributed by atoms with Crippen LogP contribution in [0.25, 0.3) is 0 Å². The van der Waals surface area contributed by atoms with Crippen LogP contribution < -0.4 is 10.2 Å². The first-order chi connectivity index (χ1) is 10.5. The Hall–Kier alpha value is -1.88. The summed E-state index contributed by atoms with van der Waals surface area (Å²) in [6.07, 6.45) is 1.22. The second-order valence-electron chi connectivity index (χ2n) is 6.14. The van der Waals surface area contributed by atoms with Gasteiger partial charge in [0.15, 0.2) is 0 Å². The number of hydrogen-bond acceptors (Lipinski definition) is 3. The minimum Gasteiger partial charge on any atom is -0.356 e. The topological polar surface area (TPSA) is 52.7 Å². The molecular weight excluding hydrogens is 278 g/mol. The van der Waals surface area contributed by atoms with Gasteiger partial charge in [-0.2, -0.15) is 0 Å². The molecule has 2 rings (SSSR count). The summed E-state index contributed by atoms with van der Waals surface area (Å²) in [5.41, 5.74) is 1.97. The van der Waals surface area contributed by atoms with Gasteiger partial charge in [0.2, 0.25) is 11.8 Å². The van der Waals surface area contributed by atoms with Crippen LogP contribution in [0.3, 0.4) is 0 Å². The van der Waals surface area contributed by atoms with Gasteiger partial charge in [-0.25, -0.2) is 0 Å². The van der Waals surface area contributed by atoms with E-state index in [1.807, 2.05) is 45.3 Å². The largest absolute Gasteiger partial charge is 0.356 e. The maximum atomic E-state index is 12.2. The summed E-state index contributed by atoms with van der Waals surface area (Å²) >= 11 is 0. The molecule has 0 aromatic heterocycles. The fraction of sp³-hybridized carbons (Fsp3) is 0.529. The summed E-state index contributed by atoms with van der Waals surface area (Å²) in [7, 11) is 4.02. The molecule has 22 heavy (non-hydrogen) atoms. The van der Waals surface area contributed by atoms with E-state index in [-0.39, 0.29) is 17.7 Å². The number of amides is 2. The van der Waals surface area contributed by atoms with Crippen LogP contribution in [0.1, 0.15) is 18.4 Å². The number of carbonyl (C=O) groups is 2. The van der Waals surface area contributed by atoms with E-state index in [1.165, 1.54) is 0 Å². The lowest BCUT2D eigenvalue weighted by Gasteiger charge is -2.19. The molecule has 0 aliphatic carbocycles. The van der Waals surface area contributed by atoms with E-state index in [9.17, 15) is 9.59 Å². The monoisotopic (exact) mass is 303 g/mol. The molecule has 1 fully saturated rings. The van der Waals surface area contributed by atoms with Gasteiger partial charge >= 0.3 is 0 Å². The molecular formula is C17H25N3O2. The molecule has 1 aromatic carbocycles. The number of nitrogens with one attached hydrogen (secondary N) is 1. The summed E-state index contributed by atoms with van der Waals surface area (Å²) < 4.78 is 0. The molecule has 0 bridgehead atoms. The third kappa shape index (κ3) is 4.07. The number of anilines is 1. The maximum Gasteiger partial charge on any atom is 0.227 e. The molecule has 1 N–H and O–H groups in total. The Labute approximate surface area is 132 Å². The van der Waals surface area contributed by atoms with Gasteiger partial charge in [-0.1, -0.05) is 18.2 Å². The summed E-state index contributed by atoms with van der Waals surface area (Å²) in [4.78, 5) is 28.2. The number of carbonyl (C=O) groups excluding carboxylic acids is 2. The SMILES string of the molecule is Cc1ccccc1N1C[C@@H](C(=O)NCCCN(C)C)CC1=O. The fourth-order valence-electron chi connectivity index (χ4n) is 2.73. The number of rotatable bonds is 6. The second kappa shape index (κ2) is 7.40. The zero-order chi connectivity index (χ0) is 16.1. The highest BCUT2D eigenvalue weighted by Crippen LogP contribution is 2.27. The van der Waals surface area contributed by atoms with Crippen LogP contribution in [0, 0.1) is 12.8 Å². The minimum absolute atomic E-state index is 0.0109. The van der Waals surface area contributed by atoms with E-state index in [1.54, 1.807) is 4.90 Å². The molecule has 1 heterocycles. The van der Waals surface area contributed by atoms with Crippen molar-refractivity contribution in [1.82, 2.24) is 10.2 Å². The average Bonchev–Trinajstić information content (AvgIpc) is 2.86. The molecule has 1 aliphatic rings. The van der Waals surface area contributed by atoms with Gasteiger partial charge in [0.05, 0.1) is 5.92 Å². The van der Waals surface area contributed by atoms with E-state index in [0.29, 0.717) is 19.5 Å². The highest BCUT2D eigenvalue weighted by atomic mass is 16.2.